The van der Waals surface area contributed by atoms with Crippen molar-refractivity contribution < 1.29 is 4.79 Å². The van der Waals surface area contributed by atoms with E-state index in [1.165, 1.54) is 0 Å². The number of hydrogen-bond donors (Lipinski definition) is 1. The standard InChI is InChI=1S/C7H8ClN3O/c8-6(7(9)12)3-5-4-10-1-2-11-5/h1-2,4,6H,3H2,(H2,9,12). The Labute approximate surface area is 74.8 Å². The van der Waals surface area contributed by atoms with E-state index in [-0.39, 0.29) is 0 Å². The number of hydrogen-bond acceptors (Lipinski definition) is 3. The Morgan fingerprint density at radius 3 is 2.92 bits per heavy atom. The van der Waals surface area contributed by atoms with Crippen molar-refractivity contribution in [2.24, 2.45) is 5.73 Å². The third-order valence-corrected chi connectivity index (χ3v) is 1.68. The van der Waals surface area contributed by atoms with E-state index in [9.17, 15) is 4.79 Å². The number of nitrogens with zero attached hydrogens (tertiary/aromatic N) is 2. The molecule has 1 heterocycles. The summed E-state index contributed by atoms with van der Waals surface area (Å²) < 4.78 is 0. The molecule has 12 heavy (non-hydrogen) atoms. The summed E-state index contributed by atoms with van der Waals surface area (Å²) in [7, 11) is 0. The minimum absolute atomic E-state index is 0.324. The monoisotopic (exact) mass is 185 g/mol. The van der Waals surface area contributed by atoms with Crippen LogP contribution in [0.1, 0.15) is 5.69 Å². The van der Waals surface area contributed by atoms with Gasteiger partial charge in [-0.25, -0.2) is 0 Å². The third-order valence-electron chi connectivity index (χ3n) is 1.31. The van der Waals surface area contributed by atoms with Gasteiger partial charge in [0.05, 0.1) is 5.69 Å². The average Bonchev–Trinajstić information content (AvgIpc) is 2.06. The van der Waals surface area contributed by atoms with Gasteiger partial charge in [-0.2, -0.15) is 0 Å². The Kier molecular flexibility index (Phi) is 2.99. The Bertz CT molecular complexity index is 265. The van der Waals surface area contributed by atoms with E-state index in [0.29, 0.717) is 12.1 Å². The lowest BCUT2D eigenvalue weighted by molar-refractivity contribution is -0.117. The average molecular weight is 186 g/mol. The molecule has 0 bridgehead atoms. The van der Waals surface area contributed by atoms with Crippen LogP contribution in [0.3, 0.4) is 0 Å². The molecule has 1 amide bonds. The molecular formula is C7H8ClN3O. The molecule has 1 atom stereocenters. The van der Waals surface area contributed by atoms with Crippen molar-refractivity contribution in [3.05, 3.63) is 24.3 Å². The Morgan fingerprint density at radius 1 is 1.67 bits per heavy atom. The van der Waals surface area contributed by atoms with Gasteiger partial charge in [0.2, 0.25) is 5.91 Å². The van der Waals surface area contributed by atoms with Gasteiger partial charge in [0.25, 0.3) is 0 Å². The summed E-state index contributed by atoms with van der Waals surface area (Å²) in [5.74, 6) is -0.540. The zero-order valence-corrected chi connectivity index (χ0v) is 7.03. The minimum Gasteiger partial charge on any atom is -0.368 e. The zero-order chi connectivity index (χ0) is 8.97. The summed E-state index contributed by atoms with van der Waals surface area (Å²) in [6, 6.07) is 0. The highest BCUT2D eigenvalue weighted by Gasteiger charge is 2.12. The lowest BCUT2D eigenvalue weighted by Gasteiger charge is -2.02. The smallest absolute Gasteiger partial charge is 0.235 e. The van der Waals surface area contributed by atoms with Crippen LogP contribution in [0.2, 0.25) is 0 Å². The molecule has 5 heteroatoms. The van der Waals surface area contributed by atoms with Gasteiger partial charge in [-0.05, 0) is 0 Å². The number of primary amides is 1. The van der Waals surface area contributed by atoms with Gasteiger partial charge in [0, 0.05) is 25.0 Å². The molecule has 0 radical (unpaired) electrons. The number of halogens is 1. The van der Waals surface area contributed by atoms with Crippen LogP contribution in [0, 0.1) is 0 Å². The number of alkyl halides is 1. The summed E-state index contributed by atoms with van der Waals surface area (Å²) in [5, 5.41) is -0.707. The van der Waals surface area contributed by atoms with Crippen LogP contribution in [0.15, 0.2) is 18.6 Å². The number of rotatable bonds is 3. The molecular weight excluding hydrogens is 178 g/mol. The van der Waals surface area contributed by atoms with Gasteiger partial charge in [0.1, 0.15) is 5.38 Å². The van der Waals surface area contributed by atoms with Crippen molar-refractivity contribution >= 4 is 17.5 Å². The molecule has 0 aliphatic heterocycles. The Morgan fingerprint density at radius 2 is 2.42 bits per heavy atom. The molecule has 64 valence electrons. The van der Waals surface area contributed by atoms with E-state index in [2.05, 4.69) is 9.97 Å². The largest absolute Gasteiger partial charge is 0.368 e. The first-order chi connectivity index (χ1) is 5.70. The zero-order valence-electron chi connectivity index (χ0n) is 6.27. The predicted molar refractivity (Wildman–Crippen MR) is 44.6 cm³/mol. The first kappa shape index (κ1) is 8.93. The van der Waals surface area contributed by atoms with Crippen LogP contribution in [0.4, 0.5) is 0 Å². The fraction of sp³-hybridized carbons (Fsp3) is 0.286. The molecule has 0 fully saturated rings. The van der Waals surface area contributed by atoms with Gasteiger partial charge in [-0.1, -0.05) is 0 Å². The highest BCUT2D eigenvalue weighted by atomic mass is 35.5. The molecule has 0 saturated heterocycles. The lowest BCUT2D eigenvalue weighted by Crippen LogP contribution is -2.25. The molecule has 4 nitrogen and oxygen atoms in total. The maximum Gasteiger partial charge on any atom is 0.235 e. The van der Waals surface area contributed by atoms with Gasteiger partial charge in [0.15, 0.2) is 0 Å². The molecule has 1 aromatic heterocycles. The van der Waals surface area contributed by atoms with E-state index in [1.54, 1.807) is 18.6 Å². The summed E-state index contributed by atoms with van der Waals surface area (Å²) >= 11 is 5.61. The molecule has 1 unspecified atom stereocenters. The second-order valence-electron chi connectivity index (χ2n) is 2.27. The third kappa shape index (κ3) is 2.47. The topological polar surface area (TPSA) is 68.9 Å². The van der Waals surface area contributed by atoms with Crippen LogP contribution < -0.4 is 5.73 Å². The number of aromatic nitrogens is 2. The van der Waals surface area contributed by atoms with E-state index in [4.69, 9.17) is 17.3 Å². The second-order valence-corrected chi connectivity index (χ2v) is 2.80. The predicted octanol–water partition coefficient (Wildman–Crippen LogP) is 0.112. The summed E-state index contributed by atoms with van der Waals surface area (Å²) in [6.45, 7) is 0. The second kappa shape index (κ2) is 4.01. The number of carbonyl (C=O) groups excluding carboxylic acids is 1. The highest BCUT2D eigenvalue weighted by Crippen LogP contribution is 2.03. The molecule has 1 rings (SSSR count). The van der Waals surface area contributed by atoms with Gasteiger partial charge < -0.3 is 5.73 Å². The van der Waals surface area contributed by atoms with Crippen LogP contribution in [0.25, 0.3) is 0 Å². The number of carbonyl (C=O) groups is 1. The fourth-order valence-corrected chi connectivity index (χ4v) is 0.878. The quantitative estimate of drug-likeness (QED) is 0.680. The molecule has 0 aromatic carbocycles. The van der Waals surface area contributed by atoms with Crippen molar-refractivity contribution in [2.45, 2.75) is 11.8 Å². The van der Waals surface area contributed by atoms with Crippen LogP contribution in [-0.4, -0.2) is 21.3 Å². The van der Waals surface area contributed by atoms with Gasteiger partial charge >= 0.3 is 0 Å². The molecule has 0 aliphatic carbocycles. The fourth-order valence-electron chi connectivity index (χ4n) is 0.720. The van der Waals surface area contributed by atoms with Gasteiger partial charge in [-0.3, -0.25) is 14.8 Å². The van der Waals surface area contributed by atoms with Crippen molar-refractivity contribution in [1.82, 2.24) is 9.97 Å². The Hall–Kier alpha value is -1.16. The van der Waals surface area contributed by atoms with E-state index < -0.39 is 11.3 Å². The summed E-state index contributed by atoms with van der Waals surface area (Å²) in [6.07, 6.45) is 4.97. The van der Waals surface area contributed by atoms with Crippen molar-refractivity contribution in [3.63, 3.8) is 0 Å². The summed E-state index contributed by atoms with van der Waals surface area (Å²) in [4.78, 5) is 18.3. The van der Waals surface area contributed by atoms with Crippen molar-refractivity contribution in [1.29, 1.82) is 0 Å². The normalized spacial score (nSPS) is 12.4. The van der Waals surface area contributed by atoms with Crippen LogP contribution in [-0.2, 0) is 11.2 Å². The number of amides is 1. The molecule has 0 spiro atoms. The van der Waals surface area contributed by atoms with E-state index >= 15 is 0 Å². The Balaban J connectivity index is 2.58. The van der Waals surface area contributed by atoms with Crippen LogP contribution >= 0.6 is 11.6 Å². The summed E-state index contributed by atoms with van der Waals surface area (Å²) in [5.41, 5.74) is 5.63. The minimum atomic E-state index is -0.707. The number of nitrogens with two attached hydrogens (primary N) is 1. The SMILES string of the molecule is NC(=O)C(Cl)Cc1cnccn1. The van der Waals surface area contributed by atoms with Crippen molar-refractivity contribution in [2.75, 3.05) is 0 Å². The van der Waals surface area contributed by atoms with E-state index in [1.807, 2.05) is 0 Å². The molecule has 2 N–H and O–H groups in total. The molecule has 1 aromatic rings. The highest BCUT2D eigenvalue weighted by molar-refractivity contribution is 6.30. The first-order valence-corrected chi connectivity index (χ1v) is 3.82. The first-order valence-electron chi connectivity index (χ1n) is 3.38. The lowest BCUT2D eigenvalue weighted by atomic mass is 10.2. The van der Waals surface area contributed by atoms with Crippen molar-refractivity contribution in [3.8, 4) is 0 Å². The maximum absolute atomic E-state index is 10.5. The van der Waals surface area contributed by atoms with E-state index in [0.717, 1.165) is 0 Å². The maximum atomic E-state index is 10.5. The van der Waals surface area contributed by atoms with Gasteiger partial charge in [-0.15, -0.1) is 11.6 Å². The molecule has 0 aliphatic rings. The molecule has 0 saturated carbocycles. The van der Waals surface area contributed by atoms with Crippen LogP contribution in [0.5, 0.6) is 0 Å².